The number of hydrogen-bond acceptors (Lipinski definition) is 5. The lowest BCUT2D eigenvalue weighted by atomic mass is 9.75. The van der Waals surface area contributed by atoms with Crippen molar-refractivity contribution in [1.29, 1.82) is 0 Å². The Morgan fingerprint density at radius 3 is 2.40 bits per heavy atom. The van der Waals surface area contributed by atoms with Crippen LogP contribution >= 0.6 is 11.6 Å². The second-order valence-corrected chi connectivity index (χ2v) is 13.2. The number of likely N-dealkylation sites (tertiary alicyclic amines) is 1. The molecule has 0 aliphatic carbocycles. The molecule has 0 bridgehead atoms. The van der Waals surface area contributed by atoms with Gasteiger partial charge in [0, 0.05) is 18.1 Å². The van der Waals surface area contributed by atoms with Crippen LogP contribution in [-0.4, -0.2) is 58.5 Å². The second kappa shape index (κ2) is 11.1. The highest BCUT2D eigenvalue weighted by Gasteiger charge is 2.41. The largest absolute Gasteiger partial charge is 0.496 e. The molecule has 0 aromatic heterocycles. The number of nitrogens with zero attached hydrogens (tertiary/aromatic N) is 1. The van der Waals surface area contributed by atoms with Crippen molar-refractivity contribution in [3.63, 3.8) is 0 Å². The van der Waals surface area contributed by atoms with Gasteiger partial charge < -0.3 is 19.1 Å². The summed E-state index contributed by atoms with van der Waals surface area (Å²) < 4.78 is 29.0. The number of rotatable bonds is 8. The summed E-state index contributed by atoms with van der Waals surface area (Å²) in [7, 11) is 0.181. The molecule has 198 valence electrons. The molecule has 0 spiro atoms. The van der Waals surface area contributed by atoms with Crippen LogP contribution in [0.1, 0.15) is 83.8 Å². The van der Waals surface area contributed by atoms with Crippen LogP contribution < -0.4 is 9.88 Å². The van der Waals surface area contributed by atoms with Crippen molar-refractivity contribution in [2.45, 2.75) is 89.3 Å². The first-order valence-electron chi connectivity index (χ1n) is 12.4. The Labute approximate surface area is 217 Å². The van der Waals surface area contributed by atoms with Gasteiger partial charge in [-0.05, 0) is 88.0 Å². The van der Waals surface area contributed by atoms with E-state index in [-0.39, 0.29) is 30.3 Å². The van der Waals surface area contributed by atoms with Crippen molar-refractivity contribution in [2.24, 2.45) is 11.1 Å². The Bertz CT molecular complexity index is 944. The van der Waals surface area contributed by atoms with E-state index in [0.717, 1.165) is 29.7 Å². The van der Waals surface area contributed by atoms with E-state index in [1.54, 1.807) is 7.11 Å². The summed E-state index contributed by atoms with van der Waals surface area (Å²) in [6.45, 7) is 13.3. The number of halogens is 1. The Morgan fingerprint density at radius 2 is 1.91 bits per heavy atom. The molecule has 0 saturated carbocycles. The van der Waals surface area contributed by atoms with Crippen LogP contribution in [0.25, 0.3) is 0 Å². The highest BCUT2D eigenvalue weighted by Crippen LogP contribution is 2.45. The molecule has 2 heterocycles. The van der Waals surface area contributed by atoms with Crippen LogP contribution in [0.15, 0.2) is 12.1 Å². The Balaban J connectivity index is 1.85. The fourth-order valence-electron chi connectivity index (χ4n) is 5.17. The number of piperidine rings is 1. The molecule has 0 radical (unpaired) electrons. The van der Waals surface area contributed by atoms with E-state index in [0.29, 0.717) is 24.5 Å². The minimum absolute atomic E-state index is 0.0177. The fourth-order valence-corrected chi connectivity index (χ4v) is 5.90. The molecule has 2 saturated heterocycles. The van der Waals surface area contributed by atoms with E-state index in [4.69, 9.17) is 31.0 Å². The molecule has 2 aliphatic rings. The molecule has 3 atom stereocenters. The molecule has 2 aliphatic heterocycles. The van der Waals surface area contributed by atoms with Gasteiger partial charge in [0.15, 0.2) is 11.9 Å². The van der Waals surface area contributed by atoms with E-state index in [2.05, 4.69) is 13.8 Å². The summed E-state index contributed by atoms with van der Waals surface area (Å²) >= 11 is 6.71. The van der Waals surface area contributed by atoms with Gasteiger partial charge in [-0.25, -0.2) is 4.21 Å². The molecule has 3 rings (SSSR count). The molecule has 1 aromatic rings. The average Bonchev–Trinajstić information content (AvgIpc) is 3.16. The minimum Gasteiger partial charge on any atom is -0.496 e. The fraction of sp³-hybridized carbons (Fsp3) is 0.731. The van der Waals surface area contributed by atoms with Crippen molar-refractivity contribution >= 4 is 28.5 Å². The summed E-state index contributed by atoms with van der Waals surface area (Å²) in [6.07, 6.45) is 1.69. The van der Waals surface area contributed by atoms with Crippen molar-refractivity contribution in [1.82, 2.24) is 4.90 Å². The molecule has 1 amide bonds. The zero-order valence-corrected chi connectivity index (χ0v) is 23.6. The number of carbonyl (C=O) groups excluding carboxylic acids is 1. The van der Waals surface area contributed by atoms with E-state index >= 15 is 0 Å². The van der Waals surface area contributed by atoms with Crippen LogP contribution in [0.3, 0.4) is 0 Å². The summed E-state index contributed by atoms with van der Waals surface area (Å²) in [4.78, 5) is 14.9. The summed E-state index contributed by atoms with van der Waals surface area (Å²) in [5, 5.41) is 6.59. The Morgan fingerprint density at radius 1 is 1.29 bits per heavy atom. The maximum atomic E-state index is 13.0. The van der Waals surface area contributed by atoms with Gasteiger partial charge in [0.25, 0.3) is 5.91 Å². The van der Waals surface area contributed by atoms with Crippen LogP contribution in [0.5, 0.6) is 5.75 Å². The molecule has 1 unspecified atom stereocenters. The van der Waals surface area contributed by atoms with Crippen LogP contribution in [-0.2, 0) is 25.3 Å². The first kappa shape index (κ1) is 28.4. The number of carbonyl (C=O) groups is 1. The number of benzene rings is 1. The third-order valence-corrected chi connectivity index (χ3v) is 8.91. The molecule has 9 heteroatoms. The van der Waals surface area contributed by atoms with Crippen LogP contribution in [0, 0.1) is 5.92 Å². The highest BCUT2D eigenvalue weighted by molar-refractivity contribution is 7.84. The van der Waals surface area contributed by atoms with E-state index in [9.17, 15) is 9.00 Å². The number of amides is 1. The molecule has 2 fully saturated rings. The van der Waals surface area contributed by atoms with Gasteiger partial charge >= 0.3 is 0 Å². The molecular weight excluding hydrogens is 488 g/mol. The SMILES string of the molecule is COc1cc(C(C)C)c(Cl)cc1[C@H](CC(C)(C)S(N)=O)C1CCN(C(=O)[C@H]2COC(C)(C)O2)CC1. The summed E-state index contributed by atoms with van der Waals surface area (Å²) in [6, 6.07) is 4.04. The van der Waals surface area contributed by atoms with Gasteiger partial charge in [0.2, 0.25) is 0 Å². The number of methoxy groups -OCH3 is 1. The second-order valence-electron chi connectivity index (χ2n) is 11.1. The van der Waals surface area contributed by atoms with E-state index in [1.165, 1.54) is 0 Å². The normalized spacial score (nSPS) is 22.9. The Hall–Kier alpha value is -1.19. The third-order valence-electron chi connectivity index (χ3n) is 7.33. The predicted molar refractivity (Wildman–Crippen MR) is 140 cm³/mol. The lowest BCUT2D eigenvalue weighted by Gasteiger charge is -2.39. The molecule has 1 aromatic carbocycles. The number of hydrogen-bond donors (Lipinski definition) is 1. The van der Waals surface area contributed by atoms with Gasteiger partial charge in [-0.15, -0.1) is 0 Å². The van der Waals surface area contributed by atoms with E-state index in [1.807, 2.05) is 44.7 Å². The number of ether oxygens (including phenoxy) is 3. The Kier molecular flexibility index (Phi) is 8.96. The monoisotopic (exact) mass is 528 g/mol. The highest BCUT2D eigenvalue weighted by atomic mass is 35.5. The van der Waals surface area contributed by atoms with Gasteiger partial charge in [0.05, 0.1) is 29.4 Å². The van der Waals surface area contributed by atoms with Crippen molar-refractivity contribution in [2.75, 3.05) is 26.8 Å². The average molecular weight is 529 g/mol. The van der Waals surface area contributed by atoms with Gasteiger partial charge in [-0.1, -0.05) is 25.4 Å². The zero-order chi connectivity index (χ0) is 26.1. The quantitative estimate of drug-likeness (QED) is 0.526. The van der Waals surface area contributed by atoms with Gasteiger partial charge in [-0.3, -0.25) is 9.93 Å². The number of nitrogens with two attached hydrogens (primary N) is 1. The van der Waals surface area contributed by atoms with Gasteiger partial charge in [-0.2, -0.15) is 0 Å². The predicted octanol–water partition coefficient (Wildman–Crippen LogP) is 4.74. The molecular formula is C26H41ClN2O5S. The maximum Gasteiger partial charge on any atom is 0.254 e. The van der Waals surface area contributed by atoms with Gasteiger partial charge in [0.1, 0.15) is 5.75 Å². The summed E-state index contributed by atoms with van der Waals surface area (Å²) in [5.41, 5.74) is 2.05. The van der Waals surface area contributed by atoms with Crippen LogP contribution in [0.2, 0.25) is 5.02 Å². The van der Waals surface area contributed by atoms with Crippen molar-refractivity contribution in [3.8, 4) is 5.75 Å². The lowest BCUT2D eigenvalue weighted by molar-refractivity contribution is -0.161. The third kappa shape index (κ3) is 6.58. The molecule has 2 N–H and O–H groups in total. The standard InChI is InChI=1S/C26H41ClN2O5S/c1-16(2)18-13-22(32-7)19(12-21(18)27)20(14-25(3,4)35(28)31)17-8-10-29(11-9-17)24(30)23-15-33-26(5,6)34-23/h12-13,16-17,20,23H,8-11,14-15,28H2,1-7H3/t20-,23-,35?/m1/s1. The van der Waals surface area contributed by atoms with E-state index < -0.39 is 27.6 Å². The van der Waals surface area contributed by atoms with Crippen molar-refractivity contribution < 1.29 is 23.2 Å². The first-order valence-corrected chi connectivity index (χ1v) is 14.0. The van der Waals surface area contributed by atoms with Crippen molar-refractivity contribution in [3.05, 3.63) is 28.3 Å². The van der Waals surface area contributed by atoms with Crippen LogP contribution in [0.4, 0.5) is 0 Å². The molecule has 35 heavy (non-hydrogen) atoms. The smallest absolute Gasteiger partial charge is 0.254 e. The summed E-state index contributed by atoms with van der Waals surface area (Å²) in [5.74, 6) is 0.598. The zero-order valence-electron chi connectivity index (χ0n) is 22.1. The maximum absolute atomic E-state index is 13.0. The first-order chi connectivity index (χ1) is 16.3. The topological polar surface area (TPSA) is 91.1 Å². The minimum atomic E-state index is -1.49. The molecule has 7 nitrogen and oxygen atoms in total. The lowest BCUT2D eigenvalue weighted by Crippen LogP contribution is -2.46.